The normalized spacial score (nSPS) is 15.0. The minimum atomic E-state index is -0.956. The molecule has 32 heavy (non-hydrogen) atoms. The molecule has 1 unspecified atom stereocenters. The summed E-state index contributed by atoms with van der Waals surface area (Å²) in [6.07, 6.45) is 3.52. The minimum Gasteiger partial charge on any atom is -0.496 e. The predicted molar refractivity (Wildman–Crippen MR) is 119 cm³/mol. The van der Waals surface area contributed by atoms with E-state index in [1.807, 2.05) is 18.2 Å². The van der Waals surface area contributed by atoms with Crippen LogP contribution in [0.3, 0.4) is 0 Å². The van der Waals surface area contributed by atoms with E-state index in [4.69, 9.17) is 9.15 Å². The fourth-order valence-corrected chi connectivity index (χ4v) is 4.43. The zero-order valence-electron chi connectivity index (χ0n) is 17.6. The molecule has 2 aromatic heterocycles. The Bertz CT molecular complexity index is 1390. The zero-order chi connectivity index (χ0) is 22.4. The van der Waals surface area contributed by atoms with Gasteiger partial charge in [0.25, 0.3) is 0 Å². The standard InChI is InChI=1S/C24H21N3O5/c1-27(24(29)30)20-6-5-13-3-4-14(7-15(13)20)18-9-21(28)16-8-17(23-11-25-12-32-23)22(31-2)10-19(16)26-18/h3-4,7-12,20H,5-6H2,1-2H3,(H,26,28)(H,29,30). The fraction of sp³-hybridized carbons (Fsp3) is 0.208. The van der Waals surface area contributed by atoms with Gasteiger partial charge >= 0.3 is 6.09 Å². The summed E-state index contributed by atoms with van der Waals surface area (Å²) in [5, 5.41) is 9.91. The third-order valence-corrected chi connectivity index (χ3v) is 6.12. The van der Waals surface area contributed by atoms with E-state index in [0.717, 1.165) is 29.5 Å². The van der Waals surface area contributed by atoms with Gasteiger partial charge in [0.15, 0.2) is 17.6 Å². The summed E-state index contributed by atoms with van der Waals surface area (Å²) < 4.78 is 10.9. The molecule has 8 heteroatoms. The Morgan fingerprint density at radius 3 is 2.84 bits per heavy atom. The van der Waals surface area contributed by atoms with Gasteiger partial charge in [0, 0.05) is 30.3 Å². The Balaban J connectivity index is 1.62. The quantitative estimate of drug-likeness (QED) is 0.494. The minimum absolute atomic E-state index is 0.142. The lowest BCUT2D eigenvalue weighted by Crippen LogP contribution is -2.28. The van der Waals surface area contributed by atoms with Gasteiger partial charge in [-0.2, -0.15) is 0 Å². The number of ether oxygens (including phenoxy) is 1. The number of nitrogens with zero attached hydrogens (tertiary/aromatic N) is 2. The van der Waals surface area contributed by atoms with Gasteiger partial charge in [-0.3, -0.25) is 4.79 Å². The second kappa shape index (κ2) is 7.56. The number of benzene rings is 2. The van der Waals surface area contributed by atoms with Gasteiger partial charge in [-0.05, 0) is 41.7 Å². The topological polar surface area (TPSA) is 109 Å². The van der Waals surface area contributed by atoms with Crippen LogP contribution < -0.4 is 10.2 Å². The van der Waals surface area contributed by atoms with Gasteiger partial charge in [0.1, 0.15) is 5.75 Å². The molecule has 1 atom stereocenters. The highest BCUT2D eigenvalue weighted by molar-refractivity contribution is 5.88. The first kappa shape index (κ1) is 19.9. The van der Waals surface area contributed by atoms with Crippen molar-refractivity contribution < 1.29 is 19.1 Å². The average molecular weight is 431 g/mol. The first-order valence-corrected chi connectivity index (χ1v) is 10.2. The lowest BCUT2D eigenvalue weighted by Gasteiger charge is -2.22. The van der Waals surface area contributed by atoms with E-state index in [-0.39, 0.29) is 11.5 Å². The van der Waals surface area contributed by atoms with Crippen LogP contribution in [0.2, 0.25) is 0 Å². The number of hydrogen-bond donors (Lipinski definition) is 2. The molecule has 0 fully saturated rings. The number of H-pyrrole nitrogens is 1. The van der Waals surface area contributed by atoms with E-state index in [9.17, 15) is 14.7 Å². The first-order valence-electron chi connectivity index (χ1n) is 10.2. The van der Waals surface area contributed by atoms with Crippen molar-refractivity contribution >= 4 is 17.0 Å². The maximum atomic E-state index is 13.0. The van der Waals surface area contributed by atoms with Crippen LogP contribution >= 0.6 is 0 Å². The van der Waals surface area contributed by atoms with Crippen molar-refractivity contribution in [2.45, 2.75) is 18.9 Å². The zero-order valence-corrected chi connectivity index (χ0v) is 17.6. The van der Waals surface area contributed by atoms with Crippen LogP contribution in [0.25, 0.3) is 33.5 Å². The number of methoxy groups -OCH3 is 1. The highest BCUT2D eigenvalue weighted by Gasteiger charge is 2.29. The Morgan fingerprint density at radius 2 is 2.12 bits per heavy atom. The number of aromatic nitrogens is 2. The van der Waals surface area contributed by atoms with Crippen molar-refractivity contribution in [3.8, 4) is 28.3 Å². The van der Waals surface area contributed by atoms with Crippen LogP contribution in [0.4, 0.5) is 4.79 Å². The molecule has 5 rings (SSSR count). The van der Waals surface area contributed by atoms with E-state index in [0.29, 0.717) is 33.7 Å². The number of hydrogen-bond acceptors (Lipinski definition) is 5. The van der Waals surface area contributed by atoms with E-state index in [1.165, 1.54) is 11.3 Å². The molecule has 4 aromatic rings. The second-order valence-corrected chi connectivity index (χ2v) is 7.87. The maximum absolute atomic E-state index is 13.0. The van der Waals surface area contributed by atoms with Crippen molar-refractivity contribution in [2.75, 3.05) is 14.2 Å². The summed E-state index contributed by atoms with van der Waals surface area (Å²) in [4.78, 5) is 33.1. The third kappa shape index (κ3) is 3.20. The Kier molecular flexibility index (Phi) is 4.70. The number of pyridine rings is 1. The Labute approximate surface area is 183 Å². The summed E-state index contributed by atoms with van der Waals surface area (Å²) >= 11 is 0. The van der Waals surface area contributed by atoms with Crippen LogP contribution in [0.1, 0.15) is 23.6 Å². The van der Waals surface area contributed by atoms with Gasteiger partial charge < -0.3 is 24.1 Å². The van der Waals surface area contributed by atoms with Crippen LogP contribution in [-0.2, 0) is 6.42 Å². The molecule has 1 aliphatic carbocycles. The molecule has 0 radical (unpaired) electrons. The number of carbonyl (C=O) groups is 1. The lowest BCUT2D eigenvalue weighted by atomic mass is 10.0. The Morgan fingerprint density at radius 1 is 1.28 bits per heavy atom. The van der Waals surface area contributed by atoms with E-state index < -0.39 is 6.09 Å². The number of fused-ring (bicyclic) bond motifs is 2. The van der Waals surface area contributed by atoms with E-state index >= 15 is 0 Å². The van der Waals surface area contributed by atoms with Crippen molar-refractivity contribution in [2.24, 2.45) is 0 Å². The summed E-state index contributed by atoms with van der Waals surface area (Å²) in [6, 6.07) is 10.8. The molecule has 0 bridgehead atoms. The van der Waals surface area contributed by atoms with Crippen LogP contribution in [-0.4, -0.2) is 40.2 Å². The molecule has 1 amide bonds. The van der Waals surface area contributed by atoms with Gasteiger partial charge in [-0.25, -0.2) is 9.78 Å². The van der Waals surface area contributed by atoms with Crippen molar-refractivity contribution in [1.82, 2.24) is 14.9 Å². The van der Waals surface area contributed by atoms with Gasteiger partial charge in [0.05, 0.1) is 30.4 Å². The van der Waals surface area contributed by atoms with Crippen molar-refractivity contribution in [3.63, 3.8) is 0 Å². The molecule has 162 valence electrons. The lowest BCUT2D eigenvalue weighted by molar-refractivity contribution is 0.138. The number of oxazole rings is 1. The highest BCUT2D eigenvalue weighted by atomic mass is 16.5. The molecule has 8 nitrogen and oxygen atoms in total. The van der Waals surface area contributed by atoms with Crippen LogP contribution in [0.5, 0.6) is 5.75 Å². The molecule has 0 spiro atoms. The van der Waals surface area contributed by atoms with Gasteiger partial charge in [-0.15, -0.1) is 0 Å². The first-order chi connectivity index (χ1) is 15.5. The fourth-order valence-electron chi connectivity index (χ4n) is 4.43. The Hall–Kier alpha value is -4.07. The average Bonchev–Trinajstić information content (AvgIpc) is 3.47. The number of nitrogens with one attached hydrogen (secondary N) is 1. The molecule has 0 saturated carbocycles. The molecule has 2 aromatic carbocycles. The van der Waals surface area contributed by atoms with E-state index in [1.54, 1.807) is 38.6 Å². The van der Waals surface area contributed by atoms with Crippen molar-refractivity contribution in [1.29, 1.82) is 0 Å². The summed E-state index contributed by atoms with van der Waals surface area (Å²) in [5.41, 5.74) is 4.73. The van der Waals surface area contributed by atoms with Gasteiger partial charge in [0.2, 0.25) is 0 Å². The smallest absolute Gasteiger partial charge is 0.407 e. The van der Waals surface area contributed by atoms with Crippen molar-refractivity contribution in [3.05, 3.63) is 70.3 Å². The SMILES string of the molecule is COc1cc2[nH]c(-c3ccc4c(c3)C(N(C)C(=O)O)CC4)cc(=O)c2cc1-c1cnco1. The molecule has 1 aliphatic rings. The predicted octanol–water partition coefficient (Wildman–Crippen LogP) is 4.46. The second-order valence-electron chi connectivity index (χ2n) is 7.87. The molecule has 2 heterocycles. The number of rotatable bonds is 4. The number of aromatic amines is 1. The molecule has 0 saturated heterocycles. The summed E-state index contributed by atoms with van der Waals surface area (Å²) in [5.74, 6) is 1.07. The summed E-state index contributed by atoms with van der Waals surface area (Å²) in [7, 11) is 3.15. The third-order valence-electron chi connectivity index (χ3n) is 6.12. The monoisotopic (exact) mass is 431 g/mol. The molecule has 2 N–H and O–H groups in total. The van der Waals surface area contributed by atoms with E-state index in [2.05, 4.69) is 9.97 Å². The maximum Gasteiger partial charge on any atom is 0.407 e. The molecular formula is C24H21N3O5. The molecule has 0 aliphatic heterocycles. The van der Waals surface area contributed by atoms with Gasteiger partial charge in [-0.1, -0.05) is 12.1 Å². The number of aryl methyl sites for hydroxylation is 1. The van der Waals surface area contributed by atoms with Crippen LogP contribution in [0.15, 0.2) is 58.2 Å². The summed E-state index contributed by atoms with van der Waals surface area (Å²) in [6.45, 7) is 0. The number of amides is 1. The van der Waals surface area contributed by atoms with Crippen LogP contribution in [0, 0.1) is 0 Å². The highest BCUT2D eigenvalue weighted by Crippen LogP contribution is 2.38. The molecular weight excluding hydrogens is 410 g/mol. The number of carboxylic acid groups (broad SMARTS) is 1. The largest absolute Gasteiger partial charge is 0.496 e.